The Morgan fingerprint density at radius 2 is 2.00 bits per heavy atom. The zero-order valence-corrected chi connectivity index (χ0v) is 9.48. The average Bonchev–Trinajstić information content (AvgIpc) is 1.99. The quantitative estimate of drug-likeness (QED) is 0.355. The SMILES string of the molecule is CCNS(=O)(=O)NC(C(=N)N)C(C)C. The Labute approximate surface area is 85.0 Å². The first kappa shape index (κ1) is 13.3. The number of nitrogens with one attached hydrogen (secondary N) is 3. The van der Waals surface area contributed by atoms with E-state index >= 15 is 0 Å². The maximum Gasteiger partial charge on any atom is 0.277 e. The first-order valence-electron chi connectivity index (χ1n) is 4.41. The summed E-state index contributed by atoms with van der Waals surface area (Å²) < 4.78 is 27.1. The summed E-state index contributed by atoms with van der Waals surface area (Å²) >= 11 is 0. The molecule has 84 valence electrons. The second-order valence-electron chi connectivity index (χ2n) is 3.30. The van der Waals surface area contributed by atoms with Crippen LogP contribution in [0.5, 0.6) is 0 Å². The van der Waals surface area contributed by atoms with Gasteiger partial charge in [0.2, 0.25) is 0 Å². The molecule has 6 nitrogen and oxygen atoms in total. The molecule has 0 aliphatic rings. The topological polar surface area (TPSA) is 108 Å². The summed E-state index contributed by atoms with van der Waals surface area (Å²) in [5.41, 5.74) is 5.27. The van der Waals surface area contributed by atoms with Crippen LogP contribution >= 0.6 is 0 Å². The summed E-state index contributed by atoms with van der Waals surface area (Å²) in [7, 11) is -3.54. The van der Waals surface area contributed by atoms with E-state index in [0.29, 0.717) is 6.54 Å². The second-order valence-corrected chi connectivity index (χ2v) is 4.83. The molecule has 0 aromatic rings. The van der Waals surface area contributed by atoms with Gasteiger partial charge in [0.25, 0.3) is 10.2 Å². The molecule has 1 unspecified atom stereocenters. The zero-order chi connectivity index (χ0) is 11.4. The lowest BCUT2D eigenvalue weighted by atomic mass is 10.1. The van der Waals surface area contributed by atoms with E-state index in [0.717, 1.165) is 0 Å². The third-order valence-corrected chi connectivity index (χ3v) is 2.85. The fourth-order valence-electron chi connectivity index (χ4n) is 0.958. The van der Waals surface area contributed by atoms with Crippen LogP contribution < -0.4 is 15.2 Å². The molecule has 0 fully saturated rings. The van der Waals surface area contributed by atoms with E-state index < -0.39 is 16.3 Å². The van der Waals surface area contributed by atoms with E-state index in [-0.39, 0.29) is 11.8 Å². The third-order valence-electron chi connectivity index (χ3n) is 1.62. The first-order valence-corrected chi connectivity index (χ1v) is 5.89. The monoisotopic (exact) mass is 222 g/mol. The summed E-state index contributed by atoms with van der Waals surface area (Å²) in [5.74, 6) is -0.234. The van der Waals surface area contributed by atoms with Crippen LogP contribution in [0, 0.1) is 11.3 Å². The summed E-state index contributed by atoms with van der Waals surface area (Å²) in [6.07, 6.45) is 0. The van der Waals surface area contributed by atoms with E-state index in [4.69, 9.17) is 11.1 Å². The van der Waals surface area contributed by atoms with Gasteiger partial charge in [0.1, 0.15) is 5.84 Å². The van der Waals surface area contributed by atoms with E-state index in [1.54, 1.807) is 20.8 Å². The van der Waals surface area contributed by atoms with Crippen LogP contribution in [0.4, 0.5) is 0 Å². The number of hydrogen-bond acceptors (Lipinski definition) is 3. The van der Waals surface area contributed by atoms with Crippen LogP contribution in [0.3, 0.4) is 0 Å². The molecule has 0 heterocycles. The number of hydrogen-bond donors (Lipinski definition) is 4. The van der Waals surface area contributed by atoms with Gasteiger partial charge in [-0.3, -0.25) is 5.41 Å². The van der Waals surface area contributed by atoms with Crippen molar-refractivity contribution in [3.05, 3.63) is 0 Å². The highest BCUT2D eigenvalue weighted by Crippen LogP contribution is 2.01. The van der Waals surface area contributed by atoms with Crippen LogP contribution in [0.25, 0.3) is 0 Å². The molecule has 0 aromatic heterocycles. The molecule has 0 rings (SSSR count). The van der Waals surface area contributed by atoms with Gasteiger partial charge < -0.3 is 5.73 Å². The third kappa shape index (κ3) is 4.54. The summed E-state index contributed by atoms with van der Waals surface area (Å²) in [5, 5.41) is 7.22. The zero-order valence-electron chi connectivity index (χ0n) is 8.66. The Morgan fingerprint density at radius 3 is 2.29 bits per heavy atom. The highest BCUT2D eigenvalue weighted by Gasteiger charge is 2.22. The van der Waals surface area contributed by atoms with E-state index in [1.165, 1.54) is 0 Å². The maximum atomic E-state index is 11.3. The fraction of sp³-hybridized carbons (Fsp3) is 0.857. The lowest BCUT2D eigenvalue weighted by molar-refractivity contribution is 0.515. The van der Waals surface area contributed by atoms with Crippen LogP contribution in [-0.4, -0.2) is 26.8 Å². The molecule has 0 aliphatic heterocycles. The highest BCUT2D eigenvalue weighted by molar-refractivity contribution is 7.87. The van der Waals surface area contributed by atoms with Crippen molar-refractivity contribution in [2.75, 3.05) is 6.54 Å². The highest BCUT2D eigenvalue weighted by atomic mass is 32.2. The van der Waals surface area contributed by atoms with Gasteiger partial charge in [-0.2, -0.15) is 13.1 Å². The van der Waals surface area contributed by atoms with E-state index in [2.05, 4.69) is 9.44 Å². The molecule has 0 amide bonds. The van der Waals surface area contributed by atoms with E-state index in [9.17, 15) is 8.42 Å². The van der Waals surface area contributed by atoms with Gasteiger partial charge in [0.15, 0.2) is 0 Å². The fourth-order valence-corrected chi connectivity index (χ4v) is 2.15. The van der Waals surface area contributed by atoms with E-state index in [1.807, 2.05) is 0 Å². The molecule has 0 aromatic carbocycles. The minimum absolute atomic E-state index is 0.0547. The van der Waals surface area contributed by atoms with Crippen molar-refractivity contribution in [3.63, 3.8) is 0 Å². The molecule has 14 heavy (non-hydrogen) atoms. The lowest BCUT2D eigenvalue weighted by Gasteiger charge is -2.20. The van der Waals surface area contributed by atoms with Crippen molar-refractivity contribution in [2.24, 2.45) is 11.7 Å². The smallest absolute Gasteiger partial charge is 0.277 e. The van der Waals surface area contributed by atoms with Crippen LogP contribution in [0.15, 0.2) is 0 Å². The summed E-state index contributed by atoms with van der Waals surface area (Å²) in [4.78, 5) is 0. The molecular formula is C7H18N4O2S. The second kappa shape index (κ2) is 5.28. The van der Waals surface area contributed by atoms with Crippen molar-refractivity contribution < 1.29 is 8.42 Å². The van der Waals surface area contributed by atoms with Crippen molar-refractivity contribution in [2.45, 2.75) is 26.8 Å². The number of nitrogens with two attached hydrogens (primary N) is 1. The molecule has 0 spiro atoms. The Balaban J connectivity index is 4.53. The van der Waals surface area contributed by atoms with Gasteiger partial charge in [0.05, 0.1) is 6.04 Å². The maximum absolute atomic E-state index is 11.3. The standard InChI is InChI=1S/C7H18N4O2S/c1-4-10-14(12,13)11-6(5(2)3)7(8)9/h5-6,10-11H,4H2,1-3H3,(H3,8,9). The van der Waals surface area contributed by atoms with Crippen LogP contribution in [-0.2, 0) is 10.2 Å². The van der Waals surface area contributed by atoms with Crippen molar-refractivity contribution >= 4 is 16.0 Å². The molecule has 7 heteroatoms. The van der Waals surface area contributed by atoms with Crippen molar-refractivity contribution in [1.82, 2.24) is 9.44 Å². The molecule has 0 radical (unpaired) electrons. The molecular weight excluding hydrogens is 204 g/mol. The normalized spacial score (nSPS) is 14.3. The Morgan fingerprint density at radius 1 is 1.50 bits per heavy atom. The minimum Gasteiger partial charge on any atom is -0.386 e. The Bertz CT molecular complexity index is 286. The predicted molar refractivity (Wildman–Crippen MR) is 56.3 cm³/mol. The molecule has 5 N–H and O–H groups in total. The Kier molecular flexibility index (Phi) is 5.03. The van der Waals surface area contributed by atoms with Gasteiger partial charge in [-0.15, -0.1) is 0 Å². The average molecular weight is 222 g/mol. The molecule has 0 bridgehead atoms. The first-order chi connectivity index (χ1) is 6.30. The molecule has 0 aliphatic carbocycles. The van der Waals surface area contributed by atoms with Crippen LogP contribution in [0.2, 0.25) is 0 Å². The van der Waals surface area contributed by atoms with Gasteiger partial charge in [-0.25, -0.2) is 4.72 Å². The molecule has 1 atom stereocenters. The lowest BCUT2D eigenvalue weighted by Crippen LogP contribution is -2.51. The number of amidine groups is 1. The summed E-state index contributed by atoms with van der Waals surface area (Å²) in [6.45, 7) is 5.57. The van der Waals surface area contributed by atoms with Crippen LogP contribution in [0.1, 0.15) is 20.8 Å². The molecule has 0 saturated heterocycles. The Hall–Kier alpha value is -0.660. The predicted octanol–water partition coefficient (Wildman–Crippen LogP) is -0.609. The van der Waals surface area contributed by atoms with Gasteiger partial charge >= 0.3 is 0 Å². The van der Waals surface area contributed by atoms with Crippen molar-refractivity contribution in [1.29, 1.82) is 5.41 Å². The largest absolute Gasteiger partial charge is 0.386 e. The summed E-state index contributed by atoms with van der Waals surface area (Å²) in [6, 6.07) is -0.654. The minimum atomic E-state index is -3.54. The van der Waals surface area contributed by atoms with Gasteiger partial charge in [-0.1, -0.05) is 20.8 Å². The van der Waals surface area contributed by atoms with Crippen molar-refractivity contribution in [3.8, 4) is 0 Å². The van der Waals surface area contributed by atoms with Gasteiger partial charge in [-0.05, 0) is 5.92 Å². The van der Waals surface area contributed by atoms with Gasteiger partial charge in [0, 0.05) is 6.54 Å². The number of rotatable bonds is 6. The molecule has 0 saturated carbocycles.